The summed E-state index contributed by atoms with van der Waals surface area (Å²) >= 11 is 1.57. The summed E-state index contributed by atoms with van der Waals surface area (Å²) in [5, 5.41) is 14.5. The van der Waals surface area contributed by atoms with Crippen LogP contribution in [0.5, 0.6) is 11.6 Å². The number of benzene rings is 2. The Morgan fingerprint density at radius 1 is 1.05 bits per heavy atom. The van der Waals surface area contributed by atoms with E-state index in [-0.39, 0.29) is 11.9 Å². The molecule has 0 spiro atoms. The molecule has 1 saturated heterocycles. The quantitative estimate of drug-likeness (QED) is 0.200. The van der Waals surface area contributed by atoms with Gasteiger partial charge in [-0.05, 0) is 69.1 Å². The van der Waals surface area contributed by atoms with E-state index < -0.39 is 0 Å². The molecule has 204 valence electrons. The fraction of sp³-hybridized carbons (Fsp3) is 0.267. The molecule has 1 aliphatic heterocycles. The van der Waals surface area contributed by atoms with E-state index in [0.717, 1.165) is 58.5 Å². The minimum Gasteiger partial charge on any atom is -0.437 e. The number of piperidine rings is 1. The molecule has 0 radical (unpaired) electrons. The highest BCUT2D eigenvalue weighted by atomic mass is 32.1. The molecule has 3 aromatic heterocycles. The van der Waals surface area contributed by atoms with E-state index >= 15 is 4.39 Å². The highest BCUT2D eigenvalue weighted by Gasteiger charge is 2.18. The van der Waals surface area contributed by atoms with Gasteiger partial charge in [-0.15, -0.1) is 11.3 Å². The van der Waals surface area contributed by atoms with Crippen LogP contribution in [0.4, 0.5) is 16.0 Å². The third kappa shape index (κ3) is 5.59. The minimum absolute atomic E-state index is 0.287. The summed E-state index contributed by atoms with van der Waals surface area (Å²) in [6.07, 6.45) is 5.62. The molecule has 1 fully saturated rings. The van der Waals surface area contributed by atoms with Crippen molar-refractivity contribution in [3.63, 3.8) is 0 Å². The van der Waals surface area contributed by atoms with Gasteiger partial charge in [-0.3, -0.25) is 0 Å². The van der Waals surface area contributed by atoms with Gasteiger partial charge < -0.3 is 20.7 Å². The van der Waals surface area contributed by atoms with Gasteiger partial charge in [0, 0.05) is 41.1 Å². The zero-order valence-corrected chi connectivity index (χ0v) is 23.2. The molecule has 10 heteroatoms. The van der Waals surface area contributed by atoms with Crippen LogP contribution >= 0.6 is 11.3 Å². The summed E-state index contributed by atoms with van der Waals surface area (Å²) in [7, 11) is 0. The Kier molecular flexibility index (Phi) is 7.52. The van der Waals surface area contributed by atoms with Gasteiger partial charge in [0.2, 0.25) is 11.8 Å². The molecule has 3 N–H and O–H groups in total. The molecule has 8 nitrogen and oxygen atoms in total. The SMILES string of the molecule is Cc1nc(CNc2c(F)ccc3c(Oc4ncccc4-c4ccnc(NC5CCCNC5)n4)c(C)ccc23)cs1. The second kappa shape index (κ2) is 11.5. The van der Waals surface area contributed by atoms with Crippen molar-refractivity contribution in [3.05, 3.63) is 82.3 Å². The van der Waals surface area contributed by atoms with Crippen LogP contribution in [0.25, 0.3) is 22.0 Å². The topological polar surface area (TPSA) is 96.9 Å². The van der Waals surface area contributed by atoms with E-state index in [1.165, 1.54) is 6.07 Å². The van der Waals surface area contributed by atoms with Crippen molar-refractivity contribution in [2.45, 2.75) is 39.3 Å². The zero-order chi connectivity index (χ0) is 27.5. The largest absolute Gasteiger partial charge is 0.437 e. The van der Waals surface area contributed by atoms with Crippen LogP contribution < -0.4 is 20.7 Å². The maximum Gasteiger partial charge on any atom is 0.228 e. The number of thiazole rings is 1. The first-order valence-electron chi connectivity index (χ1n) is 13.4. The lowest BCUT2D eigenvalue weighted by atomic mass is 10.0. The van der Waals surface area contributed by atoms with Gasteiger partial charge in [-0.1, -0.05) is 12.1 Å². The van der Waals surface area contributed by atoms with Crippen molar-refractivity contribution < 1.29 is 9.13 Å². The van der Waals surface area contributed by atoms with Gasteiger partial charge in [0.05, 0.1) is 34.2 Å². The highest BCUT2D eigenvalue weighted by Crippen LogP contribution is 2.39. The van der Waals surface area contributed by atoms with E-state index in [9.17, 15) is 0 Å². The first-order chi connectivity index (χ1) is 19.5. The molecule has 0 saturated carbocycles. The predicted molar refractivity (Wildman–Crippen MR) is 158 cm³/mol. The zero-order valence-electron chi connectivity index (χ0n) is 22.4. The molecule has 2 aromatic carbocycles. The lowest BCUT2D eigenvalue weighted by Crippen LogP contribution is -2.38. The van der Waals surface area contributed by atoms with Crippen LogP contribution in [0.3, 0.4) is 0 Å². The number of aromatic nitrogens is 4. The fourth-order valence-corrected chi connectivity index (χ4v) is 5.56. The average molecular weight is 556 g/mol. The van der Waals surface area contributed by atoms with E-state index in [1.807, 2.05) is 49.6 Å². The predicted octanol–water partition coefficient (Wildman–Crippen LogP) is 6.47. The van der Waals surface area contributed by atoms with Crippen molar-refractivity contribution in [2.75, 3.05) is 23.7 Å². The number of aryl methyl sites for hydroxylation is 2. The van der Waals surface area contributed by atoms with Crippen molar-refractivity contribution in [2.24, 2.45) is 0 Å². The minimum atomic E-state index is -0.332. The Bertz CT molecular complexity index is 1650. The molecule has 1 atom stereocenters. The van der Waals surface area contributed by atoms with Crippen molar-refractivity contribution in [3.8, 4) is 22.9 Å². The molecular weight excluding hydrogens is 525 g/mol. The first-order valence-corrected chi connectivity index (χ1v) is 14.2. The van der Waals surface area contributed by atoms with Crippen LogP contribution in [-0.4, -0.2) is 39.1 Å². The van der Waals surface area contributed by atoms with Crippen LogP contribution in [0.15, 0.2) is 60.2 Å². The molecule has 1 aliphatic rings. The lowest BCUT2D eigenvalue weighted by Gasteiger charge is -2.23. The van der Waals surface area contributed by atoms with E-state index in [4.69, 9.17) is 9.72 Å². The van der Waals surface area contributed by atoms with Crippen LogP contribution in [0.1, 0.15) is 29.1 Å². The van der Waals surface area contributed by atoms with Crippen LogP contribution in [0.2, 0.25) is 0 Å². The summed E-state index contributed by atoms with van der Waals surface area (Å²) in [6, 6.07) is 13.0. The number of nitrogens with one attached hydrogen (secondary N) is 3. The summed E-state index contributed by atoms with van der Waals surface area (Å²) < 4.78 is 21.5. The molecule has 0 aliphatic carbocycles. The summed E-state index contributed by atoms with van der Waals surface area (Å²) in [5.41, 5.74) is 3.64. The van der Waals surface area contributed by atoms with E-state index in [2.05, 4.69) is 30.9 Å². The van der Waals surface area contributed by atoms with Crippen molar-refractivity contribution in [1.29, 1.82) is 0 Å². The number of ether oxygens (including phenoxy) is 1. The van der Waals surface area contributed by atoms with Crippen LogP contribution in [-0.2, 0) is 6.54 Å². The number of nitrogens with zero attached hydrogens (tertiary/aromatic N) is 4. The fourth-order valence-electron chi connectivity index (χ4n) is 4.94. The highest BCUT2D eigenvalue weighted by molar-refractivity contribution is 7.09. The van der Waals surface area contributed by atoms with Gasteiger partial charge in [0.1, 0.15) is 11.6 Å². The number of pyridine rings is 1. The maximum absolute atomic E-state index is 15.0. The van der Waals surface area contributed by atoms with Crippen molar-refractivity contribution >= 4 is 33.7 Å². The lowest BCUT2D eigenvalue weighted by molar-refractivity contribution is 0.466. The Hall–Kier alpha value is -4.15. The van der Waals surface area contributed by atoms with Gasteiger partial charge in [-0.25, -0.2) is 24.3 Å². The third-order valence-corrected chi connectivity index (χ3v) is 7.76. The van der Waals surface area contributed by atoms with Crippen LogP contribution in [0, 0.1) is 19.7 Å². The molecule has 0 bridgehead atoms. The van der Waals surface area contributed by atoms with E-state index in [1.54, 1.807) is 29.8 Å². The van der Waals surface area contributed by atoms with Gasteiger partial charge in [0.25, 0.3) is 0 Å². The van der Waals surface area contributed by atoms with Crippen molar-refractivity contribution in [1.82, 2.24) is 25.3 Å². The maximum atomic E-state index is 15.0. The monoisotopic (exact) mass is 555 g/mol. The second-order valence-electron chi connectivity index (χ2n) is 9.85. The molecule has 6 rings (SSSR count). The number of halogens is 1. The number of rotatable bonds is 8. The number of fused-ring (bicyclic) bond motifs is 1. The average Bonchev–Trinajstić information content (AvgIpc) is 3.39. The summed E-state index contributed by atoms with van der Waals surface area (Å²) in [6.45, 7) is 6.28. The molecule has 40 heavy (non-hydrogen) atoms. The van der Waals surface area contributed by atoms with E-state index in [0.29, 0.717) is 35.5 Å². The van der Waals surface area contributed by atoms with Gasteiger partial charge in [0.15, 0.2) is 0 Å². The summed E-state index contributed by atoms with van der Waals surface area (Å²) in [5.74, 6) is 1.27. The smallest absolute Gasteiger partial charge is 0.228 e. The first kappa shape index (κ1) is 26.1. The summed E-state index contributed by atoms with van der Waals surface area (Å²) in [4.78, 5) is 18.2. The molecule has 1 unspecified atom stereocenters. The molecular formula is C30H30FN7OS. The standard InChI is InChI=1S/C30H30FN7OS/c1-18-7-8-22-23(9-10-25(31)27(22)35-16-21-17-40-19(2)36-21)28(18)39-29-24(6-4-13-33-29)26-11-14-34-30(38-26)37-20-5-3-12-32-15-20/h4,6-11,13-14,17,20,32,35H,3,5,12,15-16H2,1-2H3,(H,34,37,38). The number of hydrogen-bond acceptors (Lipinski definition) is 9. The van der Waals surface area contributed by atoms with Gasteiger partial charge in [-0.2, -0.15) is 0 Å². The third-order valence-electron chi connectivity index (χ3n) is 6.94. The molecule has 5 aromatic rings. The number of anilines is 2. The normalized spacial score (nSPS) is 15.2. The second-order valence-corrected chi connectivity index (χ2v) is 10.9. The number of hydrogen-bond donors (Lipinski definition) is 3. The Morgan fingerprint density at radius 3 is 2.77 bits per heavy atom. The Balaban J connectivity index is 1.32. The Labute approximate surface area is 236 Å². The molecule has 0 amide bonds. The molecule has 4 heterocycles. The Morgan fingerprint density at radius 2 is 1.95 bits per heavy atom. The van der Waals surface area contributed by atoms with Gasteiger partial charge >= 0.3 is 0 Å².